The Hall–Kier alpha value is -0.830. The summed E-state index contributed by atoms with van der Waals surface area (Å²) in [4.78, 5) is 0. The maximum absolute atomic E-state index is 6.07. The third-order valence-electron chi connectivity index (χ3n) is 2.93. The highest BCUT2D eigenvalue weighted by Gasteiger charge is 2.24. The van der Waals surface area contributed by atoms with Gasteiger partial charge in [0.25, 0.3) is 0 Å². The molecule has 2 atom stereocenters. The fraction of sp³-hybridized carbons (Fsp3) is 0.700. The average molecular weight is 179 g/mol. The normalized spacial score (nSPS) is 29.1. The van der Waals surface area contributed by atoms with Crippen molar-refractivity contribution < 1.29 is 0 Å². The van der Waals surface area contributed by atoms with Crippen molar-refractivity contribution >= 4 is 0 Å². The standard InChI is InChI=1S/C10H17N3/c1-13-7-6-10(12-13)8-4-2-3-5-9(8)11/h6-9H,2-5,11H2,1H3. The summed E-state index contributed by atoms with van der Waals surface area (Å²) in [5.74, 6) is 0.495. The summed E-state index contributed by atoms with van der Waals surface area (Å²) in [6, 6.07) is 2.42. The molecule has 0 bridgehead atoms. The van der Waals surface area contributed by atoms with E-state index < -0.39 is 0 Å². The largest absolute Gasteiger partial charge is 0.327 e. The lowest BCUT2D eigenvalue weighted by atomic mass is 9.83. The SMILES string of the molecule is Cn1ccc(C2CCCCC2N)n1. The van der Waals surface area contributed by atoms with Crippen LogP contribution in [-0.2, 0) is 7.05 Å². The quantitative estimate of drug-likeness (QED) is 0.708. The summed E-state index contributed by atoms with van der Waals surface area (Å²) >= 11 is 0. The highest BCUT2D eigenvalue weighted by atomic mass is 15.2. The monoisotopic (exact) mass is 179 g/mol. The molecular formula is C10H17N3. The van der Waals surface area contributed by atoms with Crippen LogP contribution >= 0.6 is 0 Å². The molecule has 0 radical (unpaired) electrons. The van der Waals surface area contributed by atoms with Crippen molar-refractivity contribution in [1.29, 1.82) is 0 Å². The van der Waals surface area contributed by atoms with Crippen LogP contribution in [0.3, 0.4) is 0 Å². The Bertz CT molecular complexity index is 279. The smallest absolute Gasteiger partial charge is 0.0670 e. The Morgan fingerprint density at radius 2 is 2.23 bits per heavy atom. The fourth-order valence-electron chi connectivity index (χ4n) is 2.16. The molecule has 2 N–H and O–H groups in total. The van der Waals surface area contributed by atoms with Crippen LogP contribution in [0.4, 0.5) is 0 Å². The predicted molar refractivity (Wildman–Crippen MR) is 52.4 cm³/mol. The van der Waals surface area contributed by atoms with Crippen molar-refractivity contribution in [1.82, 2.24) is 9.78 Å². The van der Waals surface area contributed by atoms with E-state index in [0.29, 0.717) is 12.0 Å². The summed E-state index contributed by atoms with van der Waals surface area (Å²) in [6.07, 6.45) is 6.94. The number of rotatable bonds is 1. The van der Waals surface area contributed by atoms with E-state index in [-0.39, 0.29) is 0 Å². The van der Waals surface area contributed by atoms with E-state index in [2.05, 4.69) is 11.2 Å². The Balaban J connectivity index is 2.14. The van der Waals surface area contributed by atoms with Crippen LogP contribution in [0.2, 0.25) is 0 Å². The van der Waals surface area contributed by atoms with Crippen molar-refractivity contribution in [3.63, 3.8) is 0 Å². The first kappa shape index (κ1) is 8.75. The Morgan fingerprint density at radius 1 is 1.46 bits per heavy atom. The summed E-state index contributed by atoms with van der Waals surface area (Å²) in [7, 11) is 1.96. The first-order valence-electron chi connectivity index (χ1n) is 5.02. The Morgan fingerprint density at radius 3 is 2.85 bits per heavy atom. The molecule has 1 heterocycles. The molecule has 1 saturated carbocycles. The molecule has 0 aromatic carbocycles. The lowest BCUT2D eigenvalue weighted by Gasteiger charge is -2.26. The average Bonchev–Trinajstić information content (AvgIpc) is 2.53. The van der Waals surface area contributed by atoms with Gasteiger partial charge in [0.1, 0.15) is 0 Å². The topological polar surface area (TPSA) is 43.8 Å². The zero-order valence-corrected chi connectivity index (χ0v) is 8.11. The van der Waals surface area contributed by atoms with Gasteiger partial charge in [-0.05, 0) is 18.9 Å². The highest BCUT2D eigenvalue weighted by molar-refractivity contribution is 5.10. The third kappa shape index (κ3) is 1.75. The molecule has 0 saturated heterocycles. The summed E-state index contributed by atoms with van der Waals surface area (Å²) in [5.41, 5.74) is 7.25. The predicted octanol–water partition coefficient (Wildman–Crippen LogP) is 1.40. The van der Waals surface area contributed by atoms with Crippen molar-refractivity contribution in [2.75, 3.05) is 0 Å². The van der Waals surface area contributed by atoms with E-state index in [1.807, 2.05) is 17.9 Å². The van der Waals surface area contributed by atoms with Gasteiger partial charge < -0.3 is 5.73 Å². The molecule has 0 amide bonds. The third-order valence-corrected chi connectivity index (χ3v) is 2.93. The first-order valence-corrected chi connectivity index (χ1v) is 5.02. The minimum Gasteiger partial charge on any atom is -0.327 e. The first-order chi connectivity index (χ1) is 6.27. The molecule has 2 rings (SSSR count). The van der Waals surface area contributed by atoms with Crippen LogP contribution in [0.5, 0.6) is 0 Å². The van der Waals surface area contributed by atoms with E-state index >= 15 is 0 Å². The molecule has 13 heavy (non-hydrogen) atoms. The molecule has 0 spiro atoms. The van der Waals surface area contributed by atoms with Crippen LogP contribution in [-0.4, -0.2) is 15.8 Å². The van der Waals surface area contributed by atoms with Crippen molar-refractivity contribution in [2.45, 2.75) is 37.6 Å². The maximum atomic E-state index is 6.07. The molecule has 1 fully saturated rings. The van der Waals surface area contributed by atoms with E-state index in [1.54, 1.807) is 0 Å². The molecule has 1 aromatic rings. The second kappa shape index (κ2) is 3.50. The van der Waals surface area contributed by atoms with Gasteiger partial charge in [0, 0.05) is 25.2 Å². The number of nitrogens with two attached hydrogens (primary N) is 1. The molecule has 0 aliphatic heterocycles. The van der Waals surface area contributed by atoms with Crippen LogP contribution < -0.4 is 5.73 Å². The van der Waals surface area contributed by atoms with Crippen molar-refractivity contribution in [2.24, 2.45) is 12.8 Å². The van der Waals surface area contributed by atoms with Gasteiger partial charge in [0.05, 0.1) is 5.69 Å². The minimum atomic E-state index is 0.323. The van der Waals surface area contributed by atoms with E-state index in [9.17, 15) is 0 Å². The van der Waals surface area contributed by atoms with Crippen LogP contribution in [0.1, 0.15) is 37.3 Å². The number of aryl methyl sites for hydroxylation is 1. The Labute approximate surface area is 78.9 Å². The second-order valence-corrected chi connectivity index (χ2v) is 3.97. The van der Waals surface area contributed by atoms with Crippen LogP contribution in [0, 0.1) is 0 Å². The summed E-state index contributed by atoms with van der Waals surface area (Å²) < 4.78 is 1.86. The molecule has 1 aliphatic carbocycles. The minimum absolute atomic E-state index is 0.323. The highest BCUT2D eigenvalue weighted by Crippen LogP contribution is 2.30. The van der Waals surface area contributed by atoms with Gasteiger partial charge in [-0.1, -0.05) is 12.8 Å². The lowest BCUT2D eigenvalue weighted by Crippen LogP contribution is -2.31. The number of nitrogens with zero attached hydrogens (tertiary/aromatic N) is 2. The van der Waals surface area contributed by atoms with Gasteiger partial charge in [-0.25, -0.2) is 0 Å². The lowest BCUT2D eigenvalue weighted by molar-refractivity contribution is 0.377. The van der Waals surface area contributed by atoms with Gasteiger partial charge in [0.15, 0.2) is 0 Å². The molecule has 1 aromatic heterocycles. The number of aromatic nitrogens is 2. The van der Waals surface area contributed by atoms with Gasteiger partial charge in [-0.2, -0.15) is 5.10 Å². The summed E-state index contributed by atoms with van der Waals surface area (Å²) in [6.45, 7) is 0. The molecule has 3 heteroatoms. The van der Waals surface area contributed by atoms with Gasteiger partial charge >= 0.3 is 0 Å². The van der Waals surface area contributed by atoms with Gasteiger partial charge in [-0.15, -0.1) is 0 Å². The molecule has 72 valence electrons. The number of hydrogen-bond acceptors (Lipinski definition) is 2. The van der Waals surface area contributed by atoms with Gasteiger partial charge in [-0.3, -0.25) is 4.68 Å². The Kier molecular flexibility index (Phi) is 2.36. The molecular weight excluding hydrogens is 162 g/mol. The number of hydrogen-bond donors (Lipinski definition) is 1. The van der Waals surface area contributed by atoms with E-state index in [4.69, 9.17) is 5.73 Å². The summed E-state index contributed by atoms with van der Waals surface area (Å²) in [5, 5.41) is 4.42. The van der Waals surface area contributed by atoms with Crippen molar-refractivity contribution in [3.05, 3.63) is 18.0 Å². The van der Waals surface area contributed by atoms with Crippen LogP contribution in [0.15, 0.2) is 12.3 Å². The maximum Gasteiger partial charge on any atom is 0.0670 e. The molecule has 3 nitrogen and oxygen atoms in total. The molecule has 1 aliphatic rings. The second-order valence-electron chi connectivity index (χ2n) is 3.97. The zero-order chi connectivity index (χ0) is 9.26. The molecule has 2 unspecified atom stereocenters. The van der Waals surface area contributed by atoms with E-state index in [1.165, 1.54) is 25.0 Å². The van der Waals surface area contributed by atoms with Gasteiger partial charge in [0.2, 0.25) is 0 Å². The van der Waals surface area contributed by atoms with Crippen LogP contribution in [0.25, 0.3) is 0 Å². The fourth-order valence-corrected chi connectivity index (χ4v) is 2.16. The zero-order valence-electron chi connectivity index (χ0n) is 8.11. The van der Waals surface area contributed by atoms with E-state index in [0.717, 1.165) is 6.42 Å². The van der Waals surface area contributed by atoms with Crippen molar-refractivity contribution in [3.8, 4) is 0 Å².